The van der Waals surface area contributed by atoms with Gasteiger partial charge in [0.05, 0.1) is 11.7 Å². The number of halogens is 2. The average molecular weight is 364 g/mol. The van der Waals surface area contributed by atoms with Crippen molar-refractivity contribution in [1.82, 2.24) is 10.2 Å². The topological polar surface area (TPSA) is 67.0 Å². The first-order valence-corrected chi connectivity index (χ1v) is 7.22. The van der Waals surface area contributed by atoms with E-state index in [9.17, 15) is 9.18 Å². The molecule has 7 heteroatoms. The molecular formula is C15H11BrFN3O2. The molecule has 2 aromatic carbocycles. The summed E-state index contributed by atoms with van der Waals surface area (Å²) in [4.78, 5) is 11.8. The van der Waals surface area contributed by atoms with E-state index in [1.165, 1.54) is 12.1 Å². The third-order valence-corrected chi connectivity index (χ3v) is 3.47. The van der Waals surface area contributed by atoms with Gasteiger partial charge in [-0.3, -0.25) is 9.89 Å². The Balaban J connectivity index is 1.62. The molecule has 0 atom stereocenters. The molecule has 0 aliphatic heterocycles. The lowest BCUT2D eigenvalue weighted by Gasteiger charge is -2.08. The molecule has 0 spiro atoms. The van der Waals surface area contributed by atoms with Crippen molar-refractivity contribution in [3.05, 3.63) is 52.9 Å². The van der Waals surface area contributed by atoms with Gasteiger partial charge >= 0.3 is 0 Å². The summed E-state index contributed by atoms with van der Waals surface area (Å²) < 4.78 is 19.3. The van der Waals surface area contributed by atoms with Crippen molar-refractivity contribution in [3.63, 3.8) is 0 Å². The third-order valence-electron chi connectivity index (χ3n) is 2.98. The van der Waals surface area contributed by atoms with E-state index >= 15 is 0 Å². The summed E-state index contributed by atoms with van der Waals surface area (Å²) in [6, 6.07) is 9.73. The predicted octanol–water partition coefficient (Wildman–Crippen LogP) is 3.48. The molecule has 0 bridgehead atoms. The predicted molar refractivity (Wildman–Crippen MR) is 84.3 cm³/mol. The summed E-state index contributed by atoms with van der Waals surface area (Å²) in [6.07, 6.45) is 1.67. The SMILES string of the molecule is O=C(COc1ccc(Br)cc1F)Nc1ccc2[nH]ncc2c1. The largest absolute Gasteiger partial charge is 0.481 e. The van der Waals surface area contributed by atoms with Crippen LogP contribution in [-0.4, -0.2) is 22.7 Å². The maximum Gasteiger partial charge on any atom is 0.262 e. The summed E-state index contributed by atoms with van der Waals surface area (Å²) in [7, 11) is 0. The van der Waals surface area contributed by atoms with E-state index in [0.29, 0.717) is 10.2 Å². The van der Waals surface area contributed by atoms with Gasteiger partial charge < -0.3 is 10.1 Å². The zero-order chi connectivity index (χ0) is 15.5. The molecule has 3 rings (SSSR count). The molecule has 22 heavy (non-hydrogen) atoms. The van der Waals surface area contributed by atoms with Crippen LogP contribution in [0.2, 0.25) is 0 Å². The number of benzene rings is 2. The Morgan fingerprint density at radius 1 is 1.32 bits per heavy atom. The zero-order valence-corrected chi connectivity index (χ0v) is 12.9. The second-order valence-electron chi connectivity index (χ2n) is 4.58. The van der Waals surface area contributed by atoms with Crippen molar-refractivity contribution >= 4 is 38.4 Å². The van der Waals surface area contributed by atoms with Crippen LogP contribution in [0.5, 0.6) is 5.75 Å². The van der Waals surface area contributed by atoms with Crippen molar-refractivity contribution in [2.75, 3.05) is 11.9 Å². The van der Waals surface area contributed by atoms with Crippen molar-refractivity contribution in [1.29, 1.82) is 0 Å². The molecule has 0 fully saturated rings. The minimum Gasteiger partial charge on any atom is -0.481 e. The number of hydrogen-bond donors (Lipinski definition) is 2. The summed E-state index contributed by atoms with van der Waals surface area (Å²) in [5.74, 6) is -0.865. The lowest BCUT2D eigenvalue weighted by atomic mass is 10.2. The Hall–Kier alpha value is -2.41. The Labute approximate surface area is 133 Å². The lowest BCUT2D eigenvalue weighted by Crippen LogP contribution is -2.20. The Morgan fingerprint density at radius 2 is 2.18 bits per heavy atom. The Kier molecular flexibility index (Phi) is 4.06. The Morgan fingerprint density at radius 3 is 3.00 bits per heavy atom. The highest BCUT2D eigenvalue weighted by molar-refractivity contribution is 9.10. The number of ether oxygens (including phenoxy) is 1. The third kappa shape index (κ3) is 3.25. The maximum atomic E-state index is 13.6. The Bertz CT molecular complexity index is 835. The molecule has 0 unspecified atom stereocenters. The first kappa shape index (κ1) is 14.5. The van der Waals surface area contributed by atoms with E-state index in [-0.39, 0.29) is 18.3 Å². The quantitative estimate of drug-likeness (QED) is 0.745. The number of nitrogens with zero attached hydrogens (tertiary/aromatic N) is 1. The summed E-state index contributed by atoms with van der Waals surface area (Å²) in [5.41, 5.74) is 1.50. The summed E-state index contributed by atoms with van der Waals surface area (Å²) in [5, 5.41) is 10.3. The van der Waals surface area contributed by atoms with Gasteiger partial charge in [-0.05, 0) is 36.4 Å². The van der Waals surface area contributed by atoms with E-state index in [2.05, 4.69) is 31.4 Å². The minimum atomic E-state index is -0.526. The van der Waals surface area contributed by atoms with Gasteiger partial charge in [-0.15, -0.1) is 0 Å². The molecule has 3 aromatic rings. The van der Waals surface area contributed by atoms with Crippen LogP contribution < -0.4 is 10.1 Å². The van der Waals surface area contributed by atoms with Crippen LogP contribution in [0.25, 0.3) is 10.9 Å². The van der Waals surface area contributed by atoms with Gasteiger partial charge in [0.1, 0.15) is 0 Å². The van der Waals surface area contributed by atoms with Crippen LogP contribution in [0.1, 0.15) is 0 Å². The first-order chi connectivity index (χ1) is 10.6. The molecule has 0 aliphatic carbocycles. The highest BCUT2D eigenvalue weighted by atomic mass is 79.9. The fourth-order valence-corrected chi connectivity index (χ4v) is 2.29. The van der Waals surface area contributed by atoms with Gasteiger partial charge in [0.25, 0.3) is 5.91 Å². The number of carbonyl (C=O) groups excluding carboxylic acids is 1. The maximum absolute atomic E-state index is 13.6. The summed E-state index contributed by atoms with van der Waals surface area (Å²) in [6.45, 7) is -0.276. The van der Waals surface area contributed by atoms with E-state index in [1.54, 1.807) is 24.4 Å². The van der Waals surface area contributed by atoms with Gasteiger partial charge in [0.15, 0.2) is 18.2 Å². The van der Waals surface area contributed by atoms with Gasteiger partial charge in [-0.25, -0.2) is 4.39 Å². The van der Waals surface area contributed by atoms with Crippen molar-refractivity contribution in [3.8, 4) is 5.75 Å². The van der Waals surface area contributed by atoms with E-state index in [0.717, 1.165) is 10.9 Å². The number of hydrogen-bond acceptors (Lipinski definition) is 3. The number of nitrogens with one attached hydrogen (secondary N) is 2. The highest BCUT2D eigenvalue weighted by Crippen LogP contribution is 2.21. The number of rotatable bonds is 4. The summed E-state index contributed by atoms with van der Waals surface area (Å²) >= 11 is 3.15. The van der Waals surface area contributed by atoms with Gasteiger partial charge in [-0.1, -0.05) is 15.9 Å². The number of amides is 1. The van der Waals surface area contributed by atoms with Gasteiger partial charge in [-0.2, -0.15) is 5.10 Å². The van der Waals surface area contributed by atoms with E-state index in [4.69, 9.17) is 4.74 Å². The standard InChI is InChI=1S/C15H11BrFN3O2/c16-10-1-4-14(12(17)6-10)22-8-15(21)19-11-2-3-13-9(5-11)7-18-20-13/h1-7H,8H2,(H,18,20)(H,19,21). The number of H-pyrrole nitrogens is 1. The second kappa shape index (κ2) is 6.15. The lowest BCUT2D eigenvalue weighted by molar-refractivity contribution is -0.118. The smallest absolute Gasteiger partial charge is 0.262 e. The first-order valence-electron chi connectivity index (χ1n) is 6.42. The normalized spacial score (nSPS) is 10.6. The minimum absolute atomic E-state index is 0.0311. The van der Waals surface area contributed by atoms with Crippen LogP contribution in [0.4, 0.5) is 10.1 Å². The van der Waals surface area contributed by atoms with Crippen molar-refractivity contribution in [2.45, 2.75) is 0 Å². The highest BCUT2D eigenvalue weighted by Gasteiger charge is 2.08. The molecule has 0 saturated carbocycles. The van der Waals surface area contributed by atoms with Gasteiger partial charge in [0.2, 0.25) is 0 Å². The molecular weight excluding hydrogens is 353 g/mol. The molecule has 1 aromatic heterocycles. The van der Waals surface area contributed by atoms with Crippen molar-refractivity contribution < 1.29 is 13.9 Å². The molecule has 1 amide bonds. The molecule has 112 valence electrons. The second-order valence-corrected chi connectivity index (χ2v) is 5.50. The number of aromatic nitrogens is 2. The average Bonchev–Trinajstić information content (AvgIpc) is 2.94. The number of fused-ring (bicyclic) bond motifs is 1. The molecule has 1 heterocycles. The number of carbonyl (C=O) groups is 1. The molecule has 5 nitrogen and oxygen atoms in total. The van der Waals surface area contributed by atoms with Crippen molar-refractivity contribution in [2.24, 2.45) is 0 Å². The number of aromatic amines is 1. The monoisotopic (exact) mass is 363 g/mol. The van der Waals surface area contributed by atoms with Crippen LogP contribution in [0.15, 0.2) is 47.1 Å². The fraction of sp³-hybridized carbons (Fsp3) is 0.0667. The zero-order valence-electron chi connectivity index (χ0n) is 11.3. The van der Waals surface area contributed by atoms with E-state index < -0.39 is 5.82 Å². The van der Waals surface area contributed by atoms with Gasteiger partial charge in [0, 0.05) is 15.5 Å². The molecule has 0 radical (unpaired) electrons. The van der Waals surface area contributed by atoms with Crippen LogP contribution in [0, 0.1) is 5.82 Å². The van der Waals surface area contributed by atoms with Crippen LogP contribution in [0.3, 0.4) is 0 Å². The molecule has 0 aliphatic rings. The fourth-order valence-electron chi connectivity index (χ4n) is 1.95. The van der Waals surface area contributed by atoms with Crippen LogP contribution >= 0.6 is 15.9 Å². The molecule has 2 N–H and O–H groups in total. The van der Waals surface area contributed by atoms with E-state index in [1.807, 2.05) is 6.07 Å². The van der Waals surface area contributed by atoms with Crippen LogP contribution in [-0.2, 0) is 4.79 Å². The molecule has 0 saturated heterocycles. The number of anilines is 1.